The maximum atomic E-state index is 13.4. The van der Waals surface area contributed by atoms with Crippen molar-refractivity contribution in [3.8, 4) is 0 Å². The molecule has 30 heavy (non-hydrogen) atoms. The number of esters is 1. The molecule has 0 aromatic carbocycles. The maximum Gasteiger partial charge on any atom is 0.460 e. The predicted molar refractivity (Wildman–Crippen MR) is 71.7 cm³/mol. The van der Waals surface area contributed by atoms with Gasteiger partial charge in [-0.05, 0) is 12.8 Å². The highest BCUT2D eigenvalue weighted by atomic mass is 19.4. The first-order valence-electron chi connectivity index (χ1n) is 7.54. The first kappa shape index (κ1) is 28.1. The lowest BCUT2D eigenvalue weighted by molar-refractivity contribution is -0.439. The van der Waals surface area contributed by atoms with E-state index in [2.05, 4.69) is 16.1 Å². The molecule has 0 saturated carbocycles. The van der Waals surface area contributed by atoms with E-state index >= 15 is 0 Å². The van der Waals surface area contributed by atoms with Crippen molar-refractivity contribution in [3.63, 3.8) is 0 Å². The van der Waals surface area contributed by atoms with Gasteiger partial charge >= 0.3 is 41.8 Å². The van der Waals surface area contributed by atoms with Crippen LogP contribution in [-0.4, -0.2) is 55.0 Å². The monoisotopic (exact) mass is 476 g/mol. The minimum Gasteiger partial charge on any atom is -0.502 e. The molecule has 0 unspecified atom stereocenters. The molecule has 0 rings (SSSR count). The molecule has 0 N–H and O–H groups in total. The minimum absolute atomic E-state index is 0.00397. The number of unbranched alkanes of at least 4 members (excludes halogenated alkanes) is 1. The van der Waals surface area contributed by atoms with Gasteiger partial charge in [0.15, 0.2) is 0 Å². The van der Waals surface area contributed by atoms with Gasteiger partial charge in [0.1, 0.15) is 6.42 Å². The number of hydrogen-bond acceptors (Lipinski definition) is 3. The molecular formula is C14H13F13O3. The molecule has 0 aromatic heterocycles. The molecule has 0 aliphatic rings. The fraction of sp³-hybridized carbons (Fsp3) is 0.786. The van der Waals surface area contributed by atoms with Crippen LogP contribution in [0, 0.1) is 0 Å². The highest BCUT2D eigenvalue weighted by Gasteiger charge is 2.90. The van der Waals surface area contributed by atoms with Crippen molar-refractivity contribution < 1.29 is 71.3 Å². The van der Waals surface area contributed by atoms with E-state index in [9.17, 15) is 61.9 Å². The molecule has 0 aliphatic carbocycles. The van der Waals surface area contributed by atoms with E-state index in [1.165, 1.54) is 0 Å². The van der Waals surface area contributed by atoms with Crippen molar-refractivity contribution in [2.75, 3.05) is 13.2 Å². The van der Waals surface area contributed by atoms with Crippen LogP contribution in [0.5, 0.6) is 0 Å². The Bertz CT molecular complexity index is 598. The lowest BCUT2D eigenvalue weighted by atomic mass is 9.92. The molecule has 0 heterocycles. The van der Waals surface area contributed by atoms with Crippen LogP contribution in [0.15, 0.2) is 12.8 Å². The van der Waals surface area contributed by atoms with E-state index in [1.807, 2.05) is 0 Å². The Labute approximate surface area is 159 Å². The molecule has 0 saturated heterocycles. The van der Waals surface area contributed by atoms with Gasteiger partial charge in [-0.15, -0.1) is 0 Å². The second-order valence-corrected chi connectivity index (χ2v) is 5.64. The SMILES string of the molecule is C=COCCCCOC(=O)CC(F)(F)C(F)(F)C(F)(F)C(F)(F)C(F)(F)C(F)(F)F. The molecule has 0 aliphatic heterocycles. The van der Waals surface area contributed by atoms with Crippen LogP contribution in [0.25, 0.3) is 0 Å². The average molecular weight is 476 g/mol. The third kappa shape index (κ3) is 5.22. The van der Waals surface area contributed by atoms with Gasteiger partial charge in [0.05, 0.1) is 19.5 Å². The van der Waals surface area contributed by atoms with Gasteiger partial charge in [0, 0.05) is 0 Å². The smallest absolute Gasteiger partial charge is 0.460 e. The highest BCUT2D eigenvalue weighted by Crippen LogP contribution is 2.60. The Balaban J connectivity index is 5.46. The minimum atomic E-state index is -8.00. The van der Waals surface area contributed by atoms with Crippen LogP contribution in [0.2, 0.25) is 0 Å². The summed E-state index contributed by atoms with van der Waals surface area (Å²) >= 11 is 0. The first-order chi connectivity index (χ1) is 13.2. The van der Waals surface area contributed by atoms with E-state index in [1.54, 1.807) is 0 Å². The van der Waals surface area contributed by atoms with Crippen LogP contribution in [0.3, 0.4) is 0 Å². The highest BCUT2D eigenvalue weighted by molar-refractivity contribution is 5.70. The normalized spacial score (nSPS) is 14.4. The first-order valence-corrected chi connectivity index (χ1v) is 7.54. The van der Waals surface area contributed by atoms with Gasteiger partial charge < -0.3 is 9.47 Å². The molecule has 0 radical (unpaired) electrons. The third-order valence-corrected chi connectivity index (χ3v) is 3.40. The van der Waals surface area contributed by atoms with Crippen molar-refractivity contribution in [2.45, 2.75) is 55.1 Å². The van der Waals surface area contributed by atoms with Crippen LogP contribution in [-0.2, 0) is 14.3 Å². The van der Waals surface area contributed by atoms with Gasteiger partial charge in [-0.2, -0.15) is 57.1 Å². The summed E-state index contributed by atoms with van der Waals surface area (Å²) in [5.74, 6) is -40.0. The third-order valence-electron chi connectivity index (χ3n) is 3.40. The largest absolute Gasteiger partial charge is 0.502 e. The fourth-order valence-electron chi connectivity index (χ4n) is 1.70. The molecule has 0 atom stereocenters. The van der Waals surface area contributed by atoms with Crippen LogP contribution < -0.4 is 0 Å². The number of halogens is 13. The zero-order valence-corrected chi connectivity index (χ0v) is 14.5. The molecule has 0 bridgehead atoms. The summed E-state index contributed by atoms with van der Waals surface area (Å²) in [6.45, 7) is 2.42. The summed E-state index contributed by atoms with van der Waals surface area (Å²) in [6.07, 6.45) is -9.49. The molecule has 178 valence electrons. The van der Waals surface area contributed by atoms with E-state index in [-0.39, 0.29) is 19.4 Å². The van der Waals surface area contributed by atoms with Crippen LogP contribution >= 0.6 is 0 Å². The van der Waals surface area contributed by atoms with Crippen molar-refractivity contribution in [1.82, 2.24) is 0 Å². The Kier molecular flexibility index (Phi) is 8.50. The van der Waals surface area contributed by atoms with E-state index < -0.39 is 54.8 Å². The zero-order chi connectivity index (χ0) is 24.2. The number of alkyl halides is 13. The zero-order valence-electron chi connectivity index (χ0n) is 14.5. The average Bonchev–Trinajstić information content (AvgIpc) is 2.55. The van der Waals surface area contributed by atoms with Gasteiger partial charge in [-0.1, -0.05) is 6.58 Å². The van der Waals surface area contributed by atoms with Gasteiger partial charge in [-0.25, -0.2) is 0 Å². The number of rotatable bonds is 12. The van der Waals surface area contributed by atoms with Gasteiger partial charge in [0.25, 0.3) is 0 Å². The fourth-order valence-corrected chi connectivity index (χ4v) is 1.70. The van der Waals surface area contributed by atoms with E-state index in [4.69, 9.17) is 0 Å². The lowest BCUT2D eigenvalue weighted by Crippen LogP contribution is -2.70. The molecule has 0 spiro atoms. The van der Waals surface area contributed by atoms with Crippen LogP contribution in [0.1, 0.15) is 19.3 Å². The Morgan fingerprint density at radius 2 is 1.13 bits per heavy atom. The van der Waals surface area contributed by atoms with E-state index in [0.29, 0.717) is 0 Å². The summed E-state index contributed by atoms with van der Waals surface area (Å²) in [5, 5.41) is 0. The number of hydrogen-bond donors (Lipinski definition) is 0. The summed E-state index contributed by atoms with van der Waals surface area (Å²) in [5.41, 5.74) is 0. The standard InChI is InChI=1S/C14H13F13O3/c1-2-29-5-3-4-6-30-8(28)7-9(15,16)10(17,18)11(19,20)12(21,22)13(23,24)14(25,26)27/h2H,1,3-7H2. The number of carbonyl (C=O) groups is 1. The lowest BCUT2D eigenvalue weighted by Gasteiger charge is -2.39. The molecule has 16 heteroatoms. The molecule has 0 fully saturated rings. The van der Waals surface area contributed by atoms with Crippen molar-refractivity contribution in [3.05, 3.63) is 12.8 Å². The van der Waals surface area contributed by atoms with Crippen molar-refractivity contribution in [1.29, 1.82) is 0 Å². The topological polar surface area (TPSA) is 35.5 Å². The Morgan fingerprint density at radius 1 is 0.700 bits per heavy atom. The predicted octanol–water partition coefficient (Wildman–Crippen LogP) is 5.60. The second-order valence-electron chi connectivity index (χ2n) is 5.64. The number of ether oxygens (including phenoxy) is 2. The van der Waals surface area contributed by atoms with Crippen LogP contribution in [0.4, 0.5) is 57.1 Å². The number of carbonyl (C=O) groups excluding carboxylic acids is 1. The van der Waals surface area contributed by atoms with Gasteiger partial charge in [-0.3, -0.25) is 4.79 Å². The molecule has 3 nitrogen and oxygen atoms in total. The second kappa shape index (κ2) is 9.08. The summed E-state index contributed by atoms with van der Waals surface area (Å²) in [4.78, 5) is 11.1. The summed E-state index contributed by atoms with van der Waals surface area (Å²) in [6, 6.07) is 0. The maximum absolute atomic E-state index is 13.4. The van der Waals surface area contributed by atoms with E-state index in [0.717, 1.165) is 6.26 Å². The van der Waals surface area contributed by atoms with Crippen molar-refractivity contribution in [2.24, 2.45) is 0 Å². The molecular weight excluding hydrogens is 463 g/mol. The van der Waals surface area contributed by atoms with Crippen molar-refractivity contribution >= 4 is 5.97 Å². The summed E-state index contributed by atoms with van der Waals surface area (Å²) in [7, 11) is 0. The summed E-state index contributed by atoms with van der Waals surface area (Å²) < 4.78 is 176. The Morgan fingerprint density at radius 3 is 1.57 bits per heavy atom. The quantitative estimate of drug-likeness (QED) is 0.159. The Hall–Kier alpha value is -1.90. The molecule has 0 aromatic rings. The van der Waals surface area contributed by atoms with Gasteiger partial charge in [0.2, 0.25) is 0 Å². The molecule has 0 amide bonds.